The van der Waals surface area contributed by atoms with Crippen LogP contribution in [-0.2, 0) is 20.4 Å². The normalized spacial score (nSPS) is 20.3. The van der Waals surface area contributed by atoms with Crippen LogP contribution in [0, 0.1) is 0 Å². The number of hydrogen-bond donors (Lipinski definition) is 0. The van der Waals surface area contributed by atoms with Crippen molar-refractivity contribution in [3.63, 3.8) is 0 Å². The van der Waals surface area contributed by atoms with Crippen molar-refractivity contribution in [1.82, 2.24) is 4.90 Å². The number of amides is 1. The first-order valence-corrected chi connectivity index (χ1v) is 8.32. The molecule has 1 saturated heterocycles. The van der Waals surface area contributed by atoms with Gasteiger partial charge in [0.2, 0.25) is 0 Å². The zero-order chi connectivity index (χ0) is 20.4. The molecule has 1 aromatic carbocycles. The average Bonchev–Trinajstić information content (AvgIpc) is 2.96. The number of esters is 1. The molecule has 1 aliphatic heterocycles. The van der Waals surface area contributed by atoms with E-state index in [9.17, 15) is 22.8 Å². The van der Waals surface area contributed by atoms with Gasteiger partial charge in [-0.25, -0.2) is 9.59 Å². The van der Waals surface area contributed by atoms with Gasteiger partial charge in [-0.3, -0.25) is 4.90 Å². The molecule has 0 radical (unpaired) electrons. The highest BCUT2D eigenvalue weighted by atomic mass is 19.4. The Kier molecular flexibility index (Phi) is 5.91. The van der Waals surface area contributed by atoms with Gasteiger partial charge in [0.1, 0.15) is 23.5 Å². The fourth-order valence-corrected chi connectivity index (χ4v) is 2.68. The first-order chi connectivity index (χ1) is 12.4. The second kappa shape index (κ2) is 7.66. The number of nitrogens with zero attached hydrogens (tertiary/aromatic N) is 1. The lowest BCUT2D eigenvalue weighted by Gasteiger charge is -2.27. The van der Waals surface area contributed by atoms with Gasteiger partial charge >= 0.3 is 18.2 Å². The van der Waals surface area contributed by atoms with Crippen LogP contribution in [0.5, 0.6) is 5.75 Å². The minimum atomic E-state index is -4.44. The van der Waals surface area contributed by atoms with Crippen LogP contribution in [0.3, 0.4) is 0 Å². The summed E-state index contributed by atoms with van der Waals surface area (Å²) >= 11 is 0. The van der Waals surface area contributed by atoms with Gasteiger partial charge in [0.15, 0.2) is 0 Å². The van der Waals surface area contributed by atoms with E-state index in [1.54, 1.807) is 20.8 Å². The Morgan fingerprint density at radius 3 is 2.19 bits per heavy atom. The molecule has 0 saturated carbocycles. The van der Waals surface area contributed by atoms with Gasteiger partial charge in [0.25, 0.3) is 0 Å². The molecular weight excluding hydrogens is 367 g/mol. The van der Waals surface area contributed by atoms with Crippen LogP contribution in [0.25, 0.3) is 0 Å². The lowest BCUT2D eigenvalue weighted by atomic mass is 10.2. The third kappa shape index (κ3) is 5.51. The van der Waals surface area contributed by atoms with E-state index < -0.39 is 41.5 Å². The van der Waals surface area contributed by atoms with Crippen LogP contribution in [0.4, 0.5) is 18.0 Å². The van der Waals surface area contributed by atoms with E-state index in [1.807, 2.05) is 0 Å². The van der Waals surface area contributed by atoms with E-state index in [-0.39, 0.29) is 18.7 Å². The number of carbonyl (C=O) groups excluding carboxylic acids is 2. The lowest BCUT2D eigenvalue weighted by Crippen LogP contribution is -2.44. The summed E-state index contributed by atoms with van der Waals surface area (Å²) in [5.74, 6) is -0.401. The summed E-state index contributed by atoms with van der Waals surface area (Å²) in [6.07, 6.45) is -5.56. The predicted octanol–water partition coefficient (Wildman–Crippen LogP) is 3.64. The van der Waals surface area contributed by atoms with Crippen molar-refractivity contribution in [3.8, 4) is 5.75 Å². The summed E-state index contributed by atoms with van der Waals surface area (Å²) < 4.78 is 53.6. The van der Waals surface area contributed by atoms with Crippen LogP contribution in [0.2, 0.25) is 0 Å². The molecule has 1 aromatic rings. The standard InChI is InChI=1S/C18H22F3NO5/c1-17(2,3)27-16(24)22-10-13(9-14(22)15(23)25-4)26-12-7-5-11(6-8-12)18(19,20)21/h5-8,13-14H,9-10H2,1-4H3/t13?,14-/m0/s1. The molecule has 2 rings (SSSR count). The average molecular weight is 389 g/mol. The molecular formula is C18H22F3NO5. The molecule has 27 heavy (non-hydrogen) atoms. The van der Waals surface area contributed by atoms with Gasteiger partial charge in [0.05, 0.1) is 19.2 Å². The quantitative estimate of drug-likeness (QED) is 0.739. The lowest BCUT2D eigenvalue weighted by molar-refractivity contribution is -0.145. The molecule has 6 nitrogen and oxygen atoms in total. The summed E-state index contributed by atoms with van der Waals surface area (Å²) in [5, 5.41) is 0. The van der Waals surface area contributed by atoms with Gasteiger partial charge in [-0.15, -0.1) is 0 Å². The van der Waals surface area contributed by atoms with Gasteiger partial charge in [-0.05, 0) is 45.0 Å². The van der Waals surface area contributed by atoms with Crippen LogP contribution in [-0.4, -0.2) is 48.4 Å². The van der Waals surface area contributed by atoms with E-state index in [0.29, 0.717) is 0 Å². The van der Waals surface area contributed by atoms with Crippen LogP contribution in [0.15, 0.2) is 24.3 Å². The number of ether oxygens (including phenoxy) is 3. The number of benzene rings is 1. The molecule has 150 valence electrons. The highest BCUT2D eigenvalue weighted by molar-refractivity contribution is 5.82. The van der Waals surface area contributed by atoms with Gasteiger partial charge in [-0.2, -0.15) is 13.2 Å². The fraction of sp³-hybridized carbons (Fsp3) is 0.556. The molecule has 0 N–H and O–H groups in total. The Morgan fingerprint density at radius 2 is 1.70 bits per heavy atom. The minimum Gasteiger partial charge on any atom is -0.488 e. The molecule has 0 spiro atoms. The van der Waals surface area contributed by atoms with Crippen LogP contribution in [0.1, 0.15) is 32.8 Å². The van der Waals surface area contributed by atoms with Crippen LogP contribution >= 0.6 is 0 Å². The van der Waals surface area contributed by atoms with Gasteiger partial charge in [0, 0.05) is 6.42 Å². The first kappa shape index (κ1) is 20.9. The topological polar surface area (TPSA) is 65.1 Å². The van der Waals surface area contributed by atoms with E-state index in [2.05, 4.69) is 0 Å². The number of hydrogen-bond acceptors (Lipinski definition) is 5. The van der Waals surface area contributed by atoms with E-state index in [4.69, 9.17) is 14.2 Å². The van der Waals surface area contributed by atoms with E-state index in [1.165, 1.54) is 24.1 Å². The molecule has 0 aromatic heterocycles. The highest BCUT2D eigenvalue weighted by Crippen LogP contribution is 2.31. The Morgan fingerprint density at radius 1 is 1.11 bits per heavy atom. The molecule has 1 heterocycles. The largest absolute Gasteiger partial charge is 0.488 e. The van der Waals surface area contributed by atoms with E-state index in [0.717, 1.165) is 12.1 Å². The highest BCUT2D eigenvalue weighted by Gasteiger charge is 2.43. The van der Waals surface area contributed by atoms with E-state index >= 15 is 0 Å². The van der Waals surface area contributed by atoms with Crippen molar-refractivity contribution >= 4 is 12.1 Å². The Balaban J connectivity index is 2.10. The van der Waals surface area contributed by atoms with Crippen molar-refractivity contribution in [2.45, 2.75) is 51.1 Å². The van der Waals surface area contributed by atoms with Gasteiger partial charge in [-0.1, -0.05) is 0 Å². The molecule has 0 aliphatic carbocycles. The summed E-state index contributed by atoms with van der Waals surface area (Å²) in [6, 6.07) is 3.34. The second-order valence-corrected chi connectivity index (χ2v) is 7.17. The number of methoxy groups -OCH3 is 1. The molecule has 1 unspecified atom stereocenters. The van der Waals surface area contributed by atoms with Gasteiger partial charge < -0.3 is 14.2 Å². The summed E-state index contributed by atoms with van der Waals surface area (Å²) in [5.41, 5.74) is -1.53. The monoisotopic (exact) mass is 389 g/mol. The first-order valence-electron chi connectivity index (χ1n) is 8.32. The molecule has 1 fully saturated rings. The molecule has 1 aliphatic rings. The third-order valence-electron chi connectivity index (χ3n) is 3.85. The number of likely N-dealkylation sites (tertiary alicyclic amines) is 1. The zero-order valence-electron chi connectivity index (χ0n) is 15.5. The summed E-state index contributed by atoms with van der Waals surface area (Å²) in [7, 11) is 1.21. The van der Waals surface area contributed by atoms with Crippen molar-refractivity contribution in [2.75, 3.05) is 13.7 Å². The van der Waals surface area contributed by atoms with Crippen molar-refractivity contribution in [2.24, 2.45) is 0 Å². The maximum absolute atomic E-state index is 12.6. The third-order valence-corrected chi connectivity index (χ3v) is 3.85. The number of halogens is 3. The molecule has 0 bridgehead atoms. The maximum Gasteiger partial charge on any atom is 0.416 e. The van der Waals surface area contributed by atoms with Crippen molar-refractivity contribution < 1.29 is 37.0 Å². The SMILES string of the molecule is COC(=O)[C@@H]1CC(Oc2ccc(C(F)(F)F)cc2)CN1C(=O)OC(C)(C)C. The molecule has 1 amide bonds. The summed E-state index contributed by atoms with van der Waals surface area (Å²) in [6.45, 7) is 5.15. The number of alkyl halides is 3. The second-order valence-electron chi connectivity index (χ2n) is 7.17. The fourth-order valence-electron chi connectivity index (χ4n) is 2.68. The van der Waals surface area contributed by atoms with Crippen molar-refractivity contribution in [1.29, 1.82) is 0 Å². The molecule has 2 atom stereocenters. The zero-order valence-corrected chi connectivity index (χ0v) is 15.5. The number of rotatable bonds is 3. The Labute approximate surface area is 155 Å². The van der Waals surface area contributed by atoms with Crippen LogP contribution < -0.4 is 4.74 Å². The van der Waals surface area contributed by atoms with Crippen molar-refractivity contribution in [3.05, 3.63) is 29.8 Å². The minimum absolute atomic E-state index is 0.0513. The Hall–Kier alpha value is -2.45. The number of carbonyl (C=O) groups is 2. The Bertz CT molecular complexity index is 682. The maximum atomic E-state index is 12.6. The summed E-state index contributed by atoms with van der Waals surface area (Å²) in [4.78, 5) is 25.6. The predicted molar refractivity (Wildman–Crippen MR) is 89.2 cm³/mol. The molecule has 9 heteroatoms. The smallest absolute Gasteiger partial charge is 0.416 e.